The van der Waals surface area contributed by atoms with Crippen molar-refractivity contribution in [1.82, 2.24) is 14.7 Å². The van der Waals surface area contributed by atoms with Crippen LogP contribution in [0.4, 0.5) is 5.69 Å². The fraction of sp³-hybridized carbons (Fsp3) is 0.500. The second-order valence-corrected chi connectivity index (χ2v) is 3.78. The lowest BCUT2D eigenvalue weighted by Gasteiger charge is -2.09. The fourth-order valence-electron chi connectivity index (χ4n) is 1.68. The Hall–Kier alpha value is -1.85. The lowest BCUT2D eigenvalue weighted by molar-refractivity contribution is -0.136. The van der Waals surface area contributed by atoms with Crippen molar-refractivity contribution >= 4 is 17.5 Å². The highest BCUT2D eigenvalue weighted by molar-refractivity contribution is 6.06. The Morgan fingerprint density at radius 1 is 1.56 bits per heavy atom. The number of rotatable bonds is 3. The number of nitrogens with one attached hydrogen (secondary N) is 1. The first-order chi connectivity index (χ1) is 7.61. The molecule has 2 rings (SSSR count). The third-order valence-electron chi connectivity index (χ3n) is 2.68. The Balaban J connectivity index is 2.05. The van der Waals surface area contributed by atoms with Crippen LogP contribution < -0.4 is 5.32 Å². The van der Waals surface area contributed by atoms with Gasteiger partial charge in [-0.1, -0.05) is 0 Å². The second kappa shape index (κ2) is 3.96. The van der Waals surface area contributed by atoms with Crippen molar-refractivity contribution in [3.8, 4) is 0 Å². The quantitative estimate of drug-likeness (QED) is 0.735. The second-order valence-electron chi connectivity index (χ2n) is 3.78. The molecule has 1 aromatic rings. The Morgan fingerprint density at radius 3 is 2.81 bits per heavy atom. The van der Waals surface area contributed by atoms with E-state index in [1.54, 1.807) is 10.9 Å². The van der Waals surface area contributed by atoms with Gasteiger partial charge in [-0.25, -0.2) is 0 Å². The van der Waals surface area contributed by atoms with E-state index < -0.39 is 6.04 Å². The molecule has 0 aromatic carbocycles. The van der Waals surface area contributed by atoms with E-state index >= 15 is 0 Å². The number of anilines is 1. The first-order valence-electron chi connectivity index (χ1n) is 5.21. The van der Waals surface area contributed by atoms with E-state index in [4.69, 9.17) is 0 Å². The number of likely N-dealkylation sites (tertiary alicyclic amines) is 1. The average molecular weight is 222 g/mol. The van der Waals surface area contributed by atoms with Crippen LogP contribution in [0.2, 0.25) is 0 Å². The van der Waals surface area contributed by atoms with E-state index in [2.05, 4.69) is 10.4 Å². The van der Waals surface area contributed by atoms with Crippen molar-refractivity contribution in [1.29, 1.82) is 0 Å². The van der Waals surface area contributed by atoms with Crippen molar-refractivity contribution < 1.29 is 9.59 Å². The number of hydrogen-bond acceptors (Lipinski definition) is 4. The largest absolute Gasteiger partial charge is 0.371 e. The number of aromatic nitrogens is 2. The van der Waals surface area contributed by atoms with Gasteiger partial charge in [0.1, 0.15) is 6.04 Å². The van der Waals surface area contributed by atoms with Gasteiger partial charge in [0, 0.05) is 19.8 Å². The maximum atomic E-state index is 11.6. The van der Waals surface area contributed by atoms with Gasteiger partial charge >= 0.3 is 0 Å². The maximum absolute atomic E-state index is 11.6. The summed E-state index contributed by atoms with van der Waals surface area (Å²) in [6, 6.07) is -0.452. The van der Waals surface area contributed by atoms with Crippen LogP contribution in [0.3, 0.4) is 0 Å². The molecule has 6 nitrogen and oxygen atoms in total. The molecular weight excluding hydrogens is 208 g/mol. The number of nitrogens with zero attached hydrogens (tertiary/aromatic N) is 3. The minimum absolute atomic E-state index is 0.148. The molecule has 0 saturated carbocycles. The molecule has 1 aliphatic heterocycles. The van der Waals surface area contributed by atoms with Gasteiger partial charge in [0.25, 0.3) is 5.91 Å². The fourth-order valence-corrected chi connectivity index (χ4v) is 1.68. The molecule has 16 heavy (non-hydrogen) atoms. The molecule has 1 saturated heterocycles. The van der Waals surface area contributed by atoms with E-state index in [9.17, 15) is 9.59 Å². The van der Waals surface area contributed by atoms with Gasteiger partial charge in [0.15, 0.2) is 0 Å². The number of hydrogen-bond donors (Lipinski definition) is 1. The molecular formula is C10H14N4O2. The number of amides is 2. The predicted octanol–water partition coefficient (Wildman–Crippen LogP) is 0.0722. The SMILES string of the molecule is CCn1cc(NC2CC(=O)N(C)C2=O)cn1. The Bertz CT molecular complexity index is 426. The van der Waals surface area contributed by atoms with E-state index in [0.29, 0.717) is 0 Å². The molecule has 0 bridgehead atoms. The summed E-state index contributed by atoms with van der Waals surface area (Å²) in [5.41, 5.74) is 0.767. The van der Waals surface area contributed by atoms with Gasteiger partial charge in [0.05, 0.1) is 18.3 Å². The topological polar surface area (TPSA) is 67.2 Å². The van der Waals surface area contributed by atoms with Crippen molar-refractivity contribution in [2.24, 2.45) is 0 Å². The molecule has 2 heterocycles. The summed E-state index contributed by atoms with van der Waals surface area (Å²) in [6.07, 6.45) is 3.68. The van der Waals surface area contributed by atoms with Crippen LogP contribution in [-0.2, 0) is 16.1 Å². The monoisotopic (exact) mass is 222 g/mol. The Labute approximate surface area is 93.2 Å². The first kappa shape index (κ1) is 10.7. The molecule has 1 N–H and O–H groups in total. The van der Waals surface area contributed by atoms with Gasteiger partial charge in [-0.3, -0.25) is 19.2 Å². The number of aryl methyl sites for hydroxylation is 1. The minimum atomic E-state index is -0.452. The van der Waals surface area contributed by atoms with E-state index in [-0.39, 0.29) is 18.2 Å². The zero-order valence-electron chi connectivity index (χ0n) is 9.30. The van der Waals surface area contributed by atoms with Gasteiger partial charge in [-0.15, -0.1) is 0 Å². The third kappa shape index (κ3) is 1.78. The normalized spacial score (nSPS) is 20.6. The molecule has 1 aromatic heterocycles. The Kier molecular flexibility index (Phi) is 2.64. The molecule has 1 fully saturated rings. The smallest absolute Gasteiger partial charge is 0.251 e. The van der Waals surface area contributed by atoms with Crippen LogP contribution in [0.1, 0.15) is 13.3 Å². The van der Waals surface area contributed by atoms with E-state index in [1.807, 2.05) is 13.1 Å². The van der Waals surface area contributed by atoms with Crippen LogP contribution in [-0.4, -0.2) is 39.6 Å². The zero-order chi connectivity index (χ0) is 11.7. The standard InChI is InChI=1S/C10H14N4O2/c1-3-14-6-7(5-11-14)12-8-4-9(15)13(2)10(8)16/h5-6,8,12H,3-4H2,1-2H3. The molecule has 6 heteroatoms. The van der Waals surface area contributed by atoms with Gasteiger partial charge in [-0.2, -0.15) is 5.10 Å². The number of likely N-dealkylation sites (N-methyl/N-ethyl adjacent to an activating group) is 1. The summed E-state index contributed by atoms with van der Waals surface area (Å²) in [5.74, 6) is -0.334. The zero-order valence-corrected chi connectivity index (χ0v) is 9.30. The van der Waals surface area contributed by atoms with Crippen molar-refractivity contribution in [2.45, 2.75) is 25.9 Å². The third-order valence-corrected chi connectivity index (χ3v) is 2.68. The molecule has 1 unspecified atom stereocenters. The van der Waals surface area contributed by atoms with E-state index in [0.717, 1.165) is 17.1 Å². The van der Waals surface area contributed by atoms with E-state index in [1.165, 1.54) is 7.05 Å². The summed E-state index contributed by atoms with van der Waals surface area (Å²) in [4.78, 5) is 24.1. The summed E-state index contributed by atoms with van der Waals surface area (Å²) >= 11 is 0. The van der Waals surface area contributed by atoms with Crippen LogP contribution in [0.25, 0.3) is 0 Å². The summed E-state index contributed by atoms with van der Waals surface area (Å²) in [7, 11) is 1.50. The van der Waals surface area contributed by atoms with Gasteiger partial charge < -0.3 is 5.32 Å². The number of carbonyl (C=O) groups excluding carboxylic acids is 2. The first-order valence-corrected chi connectivity index (χ1v) is 5.21. The average Bonchev–Trinajstić information content (AvgIpc) is 2.81. The highest BCUT2D eigenvalue weighted by atomic mass is 16.2. The molecule has 0 radical (unpaired) electrons. The van der Waals surface area contributed by atoms with Crippen LogP contribution in [0.15, 0.2) is 12.4 Å². The van der Waals surface area contributed by atoms with Gasteiger partial charge in [-0.05, 0) is 6.92 Å². The molecule has 1 aliphatic rings. The number of carbonyl (C=O) groups is 2. The summed E-state index contributed by atoms with van der Waals surface area (Å²) < 4.78 is 1.76. The highest BCUT2D eigenvalue weighted by Crippen LogP contribution is 2.16. The molecule has 86 valence electrons. The lowest BCUT2D eigenvalue weighted by Crippen LogP contribution is -2.31. The lowest BCUT2D eigenvalue weighted by atomic mass is 10.2. The molecule has 1 atom stereocenters. The molecule has 0 aliphatic carbocycles. The van der Waals surface area contributed by atoms with Crippen LogP contribution in [0.5, 0.6) is 0 Å². The van der Waals surface area contributed by atoms with Gasteiger partial charge in [0.2, 0.25) is 5.91 Å². The van der Waals surface area contributed by atoms with Crippen LogP contribution >= 0.6 is 0 Å². The van der Waals surface area contributed by atoms with Crippen molar-refractivity contribution in [3.63, 3.8) is 0 Å². The summed E-state index contributed by atoms with van der Waals surface area (Å²) in [6.45, 7) is 2.76. The van der Waals surface area contributed by atoms with Crippen molar-refractivity contribution in [3.05, 3.63) is 12.4 Å². The minimum Gasteiger partial charge on any atom is -0.371 e. The Morgan fingerprint density at radius 2 is 2.31 bits per heavy atom. The molecule has 2 amide bonds. The highest BCUT2D eigenvalue weighted by Gasteiger charge is 2.35. The summed E-state index contributed by atoms with van der Waals surface area (Å²) in [5, 5.41) is 7.09. The maximum Gasteiger partial charge on any atom is 0.251 e. The predicted molar refractivity (Wildman–Crippen MR) is 57.7 cm³/mol. The van der Waals surface area contributed by atoms with Crippen molar-refractivity contribution in [2.75, 3.05) is 12.4 Å². The number of imide groups is 1. The van der Waals surface area contributed by atoms with Crippen LogP contribution in [0, 0.1) is 0 Å². The molecule has 0 spiro atoms.